The Labute approximate surface area is 63.1 Å². The van der Waals surface area contributed by atoms with Crippen molar-refractivity contribution in [2.45, 2.75) is 0 Å². The summed E-state index contributed by atoms with van der Waals surface area (Å²) in [6.07, 6.45) is 7.54. The maximum atomic E-state index is 7.34. The molecule has 0 amide bonds. The molecule has 0 saturated carbocycles. The van der Waals surface area contributed by atoms with Crippen molar-refractivity contribution in [2.24, 2.45) is 0 Å². The molecule has 0 aromatic heterocycles. The Kier molecular flexibility index (Phi) is 2.11. The van der Waals surface area contributed by atoms with Gasteiger partial charge in [-0.3, -0.25) is 5.41 Å². The first kappa shape index (κ1) is 6.62. The lowest BCUT2D eigenvalue weighted by Gasteiger charge is -1.95. The van der Waals surface area contributed by atoms with Crippen molar-refractivity contribution in [3.63, 3.8) is 0 Å². The van der Waals surface area contributed by atoms with Gasteiger partial charge in [-0.15, -0.1) is 0 Å². The third-order valence-electron chi connectivity index (χ3n) is 1.16. The molecule has 0 spiro atoms. The van der Waals surface area contributed by atoms with Crippen LogP contribution < -0.4 is 0 Å². The van der Waals surface area contributed by atoms with Crippen molar-refractivity contribution in [2.75, 3.05) is 5.33 Å². The van der Waals surface area contributed by atoms with Gasteiger partial charge < -0.3 is 0 Å². The van der Waals surface area contributed by atoms with Gasteiger partial charge in [0.1, 0.15) is 0 Å². The molecule has 0 heterocycles. The molecule has 1 rings (SSSR count). The zero-order valence-corrected chi connectivity index (χ0v) is 6.48. The Hall–Kier alpha value is -0.500. The first-order valence-electron chi connectivity index (χ1n) is 2.70. The van der Waals surface area contributed by atoms with Gasteiger partial charge in [0.25, 0.3) is 0 Å². The summed E-state index contributed by atoms with van der Waals surface area (Å²) in [6.45, 7) is 0. The highest BCUT2D eigenvalue weighted by Gasteiger charge is 2.12. The van der Waals surface area contributed by atoms with Gasteiger partial charge in [0.2, 0.25) is 0 Å². The zero-order chi connectivity index (χ0) is 6.69. The van der Waals surface area contributed by atoms with Crippen LogP contribution in [0, 0.1) is 11.8 Å². The molecule has 1 nitrogen and oxygen atoms in total. The second kappa shape index (κ2) is 2.87. The lowest BCUT2D eigenvalue weighted by atomic mass is 10.1. The minimum absolute atomic E-state index is 0.606. The van der Waals surface area contributed by atoms with E-state index in [9.17, 15) is 0 Å². The molecule has 2 heteroatoms. The predicted octanol–water partition coefficient (Wildman–Crippen LogP) is 2.10. The van der Waals surface area contributed by atoms with Crippen molar-refractivity contribution in [1.29, 1.82) is 5.41 Å². The average molecular weight is 185 g/mol. The molecule has 0 aromatic rings. The van der Waals surface area contributed by atoms with Crippen molar-refractivity contribution in [1.82, 2.24) is 0 Å². The van der Waals surface area contributed by atoms with Gasteiger partial charge in [-0.05, 0) is 0 Å². The summed E-state index contributed by atoms with van der Waals surface area (Å²) >= 11 is 3.29. The normalized spacial score (nSPS) is 17.0. The van der Waals surface area contributed by atoms with Crippen LogP contribution >= 0.6 is 15.9 Å². The number of hydrogen-bond acceptors (Lipinski definition) is 1. The van der Waals surface area contributed by atoms with Crippen LogP contribution in [0.15, 0.2) is 23.8 Å². The van der Waals surface area contributed by atoms with Crippen LogP contribution in [0.4, 0.5) is 0 Å². The molecular weight excluding hydrogens is 178 g/mol. The first-order valence-corrected chi connectivity index (χ1v) is 3.82. The molecule has 46 valence electrons. The number of halogens is 1. The number of alkyl halides is 1. The molecule has 0 fully saturated rings. The number of hydrogen-bond donors (Lipinski definition) is 1. The third kappa shape index (κ3) is 1.45. The van der Waals surface area contributed by atoms with E-state index in [1.54, 1.807) is 6.42 Å². The van der Waals surface area contributed by atoms with E-state index in [4.69, 9.17) is 5.41 Å². The lowest BCUT2D eigenvalue weighted by Crippen LogP contribution is -2.04. The minimum Gasteiger partial charge on any atom is -0.275 e. The Balaban J connectivity index is 2.74. The van der Waals surface area contributed by atoms with Crippen LogP contribution in [-0.2, 0) is 0 Å². The topological polar surface area (TPSA) is 23.9 Å². The Bertz CT molecular complexity index is 179. The van der Waals surface area contributed by atoms with Gasteiger partial charge in [-0.2, -0.15) is 0 Å². The molecule has 1 N–H and O–H groups in total. The van der Waals surface area contributed by atoms with Gasteiger partial charge >= 0.3 is 0 Å². The van der Waals surface area contributed by atoms with Gasteiger partial charge in [-0.1, -0.05) is 15.9 Å². The lowest BCUT2D eigenvalue weighted by molar-refractivity contribution is 1.43. The molecule has 0 aromatic carbocycles. The largest absolute Gasteiger partial charge is 0.275 e. The highest BCUT2D eigenvalue weighted by atomic mass is 79.9. The standard InChI is InChI=1S/C7H7BrN/c8-5-6-3-1-2-4-7(6)9/h1-4,9H,5H2/q+1. The van der Waals surface area contributed by atoms with Crippen LogP contribution in [0.25, 0.3) is 0 Å². The fraction of sp³-hybridized carbons (Fsp3) is 0.143. The molecule has 1 aliphatic carbocycles. The minimum atomic E-state index is 0.606. The van der Waals surface area contributed by atoms with Crippen LogP contribution in [0.2, 0.25) is 0 Å². The van der Waals surface area contributed by atoms with Crippen LogP contribution in [0.3, 0.4) is 0 Å². The van der Waals surface area contributed by atoms with E-state index < -0.39 is 0 Å². The molecule has 0 atom stereocenters. The van der Waals surface area contributed by atoms with Gasteiger partial charge in [0.15, 0.2) is 5.71 Å². The second-order valence-corrected chi connectivity index (χ2v) is 2.35. The van der Waals surface area contributed by atoms with E-state index in [2.05, 4.69) is 15.9 Å². The Morgan fingerprint density at radius 1 is 1.67 bits per heavy atom. The van der Waals surface area contributed by atoms with Crippen LogP contribution in [-0.4, -0.2) is 11.0 Å². The molecule has 0 saturated heterocycles. The molecule has 9 heavy (non-hydrogen) atoms. The third-order valence-corrected chi connectivity index (χ3v) is 1.77. The summed E-state index contributed by atoms with van der Waals surface area (Å²) in [5, 5.41) is 8.11. The van der Waals surface area contributed by atoms with Crippen LogP contribution in [0.5, 0.6) is 0 Å². The summed E-state index contributed by atoms with van der Waals surface area (Å²) in [6, 6.07) is 0. The van der Waals surface area contributed by atoms with Crippen molar-refractivity contribution < 1.29 is 0 Å². The molecule has 0 aliphatic heterocycles. The van der Waals surface area contributed by atoms with Crippen LogP contribution in [0.1, 0.15) is 0 Å². The fourth-order valence-electron chi connectivity index (χ4n) is 0.637. The number of allylic oxidation sites excluding steroid dienone is 4. The zero-order valence-electron chi connectivity index (χ0n) is 4.89. The SMILES string of the molecule is N=C1[CH+]C=CC=C1CBr. The summed E-state index contributed by atoms with van der Waals surface area (Å²) < 4.78 is 0. The summed E-state index contributed by atoms with van der Waals surface area (Å²) in [5.41, 5.74) is 1.65. The second-order valence-electron chi connectivity index (χ2n) is 1.79. The van der Waals surface area contributed by atoms with Gasteiger partial charge in [-0.25, -0.2) is 0 Å². The molecule has 0 radical (unpaired) electrons. The highest BCUT2D eigenvalue weighted by Crippen LogP contribution is 2.09. The summed E-state index contributed by atoms with van der Waals surface area (Å²) in [4.78, 5) is 0. The van der Waals surface area contributed by atoms with Gasteiger partial charge in [0, 0.05) is 6.08 Å². The smallest absolute Gasteiger partial charge is 0.169 e. The van der Waals surface area contributed by atoms with Crippen molar-refractivity contribution in [3.05, 3.63) is 30.2 Å². The van der Waals surface area contributed by atoms with E-state index in [1.807, 2.05) is 18.2 Å². The summed E-state index contributed by atoms with van der Waals surface area (Å²) in [7, 11) is 0. The Morgan fingerprint density at radius 2 is 2.44 bits per heavy atom. The van der Waals surface area contributed by atoms with E-state index in [0.717, 1.165) is 10.9 Å². The predicted molar refractivity (Wildman–Crippen MR) is 43.0 cm³/mol. The highest BCUT2D eigenvalue weighted by molar-refractivity contribution is 9.09. The summed E-state index contributed by atoms with van der Waals surface area (Å²) in [5.74, 6) is 0. The number of rotatable bonds is 1. The van der Waals surface area contributed by atoms with E-state index >= 15 is 0 Å². The van der Waals surface area contributed by atoms with E-state index in [-0.39, 0.29) is 0 Å². The monoisotopic (exact) mass is 184 g/mol. The molecule has 0 unspecified atom stereocenters. The van der Waals surface area contributed by atoms with Gasteiger partial charge in [0.05, 0.1) is 29.5 Å². The maximum Gasteiger partial charge on any atom is 0.169 e. The van der Waals surface area contributed by atoms with E-state index in [0.29, 0.717) is 5.71 Å². The number of nitrogens with one attached hydrogen (secondary N) is 1. The van der Waals surface area contributed by atoms with Crippen molar-refractivity contribution in [3.8, 4) is 0 Å². The van der Waals surface area contributed by atoms with Crippen molar-refractivity contribution >= 4 is 21.6 Å². The fourth-order valence-corrected chi connectivity index (χ4v) is 1.13. The molecular formula is C7H7BrN+. The van der Waals surface area contributed by atoms with E-state index in [1.165, 1.54) is 0 Å². The average Bonchev–Trinajstić information content (AvgIpc) is 1.89. The molecule has 1 aliphatic rings. The maximum absolute atomic E-state index is 7.34. The molecule has 0 bridgehead atoms. The quantitative estimate of drug-likeness (QED) is 0.477. The Morgan fingerprint density at radius 3 is 2.89 bits per heavy atom. The first-order chi connectivity index (χ1) is 4.34.